The van der Waals surface area contributed by atoms with Crippen molar-refractivity contribution in [1.29, 1.82) is 0 Å². The summed E-state index contributed by atoms with van der Waals surface area (Å²) in [6, 6.07) is 10.7. The fourth-order valence-corrected chi connectivity index (χ4v) is 3.68. The first-order valence-corrected chi connectivity index (χ1v) is 9.98. The summed E-state index contributed by atoms with van der Waals surface area (Å²) in [5.74, 6) is -2.53. The number of amides is 1. The molecule has 0 bridgehead atoms. The highest BCUT2D eigenvalue weighted by Gasteiger charge is 2.29. The average molecular weight is 406 g/mol. The molecule has 0 aromatic heterocycles. The molecule has 8 nitrogen and oxygen atoms in total. The molecule has 2 aliphatic rings. The molecule has 1 aromatic rings. The molecule has 160 valence electrons. The maximum atomic E-state index is 12.6. The van der Waals surface area contributed by atoms with E-state index < -0.39 is 11.9 Å². The highest BCUT2D eigenvalue weighted by molar-refractivity contribution is 6.27. The van der Waals surface area contributed by atoms with Crippen LogP contribution in [0.5, 0.6) is 0 Å². The third kappa shape index (κ3) is 7.47. The summed E-state index contributed by atoms with van der Waals surface area (Å²) in [5.41, 5.74) is 1.40. The summed E-state index contributed by atoms with van der Waals surface area (Å²) in [7, 11) is 0. The highest BCUT2D eigenvalue weighted by Crippen LogP contribution is 2.23. The zero-order valence-corrected chi connectivity index (χ0v) is 16.8. The highest BCUT2D eigenvalue weighted by atomic mass is 16.5. The fraction of sp³-hybridized carbons (Fsp3) is 0.571. The Morgan fingerprint density at radius 2 is 1.55 bits per heavy atom. The van der Waals surface area contributed by atoms with Gasteiger partial charge in [-0.3, -0.25) is 4.79 Å². The molecule has 1 unspecified atom stereocenters. The van der Waals surface area contributed by atoms with Crippen molar-refractivity contribution >= 4 is 17.8 Å². The molecule has 29 heavy (non-hydrogen) atoms. The summed E-state index contributed by atoms with van der Waals surface area (Å²) in [5, 5.41) is 14.8. The minimum absolute atomic E-state index is 0.219. The number of hydrogen-bond acceptors (Lipinski definition) is 5. The van der Waals surface area contributed by atoms with Crippen molar-refractivity contribution in [3.63, 3.8) is 0 Å². The number of piperidine rings is 1. The number of ether oxygens (including phenoxy) is 1. The van der Waals surface area contributed by atoms with Gasteiger partial charge in [-0.15, -0.1) is 0 Å². The van der Waals surface area contributed by atoms with E-state index in [1.165, 1.54) is 5.56 Å². The predicted octanol–water partition coefficient (Wildman–Crippen LogP) is 1.52. The summed E-state index contributed by atoms with van der Waals surface area (Å²) in [4.78, 5) is 35.3. The Morgan fingerprint density at radius 3 is 2.07 bits per heavy atom. The van der Waals surface area contributed by atoms with Crippen LogP contribution < -0.4 is 0 Å². The Hall–Kier alpha value is -2.45. The van der Waals surface area contributed by atoms with Crippen molar-refractivity contribution in [2.24, 2.45) is 5.92 Å². The zero-order chi connectivity index (χ0) is 21.2. The molecule has 2 heterocycles. The van der Waals surface area contributed by atoms with E-state index >= 15 is 0 Å². The number of benzene rings is 1. The van der Waals surface area contributed by atoms with Crippen molar-refractivity contribution in [2.75, 3.05) is 45.9 Å². The molecule has 0 aliphatic carbocycles. The number of morpholine rings is 1. The van der Waals surface area contributed by atoms with Crippen molar-refractivity contribution in [3.05, 3.63) is 35.9 Å². The van der Waals surface area contributed by atoms with Crippen LogP contribution in [0.2, 0.25) is 0 Å². The van der Waals surface area contributed by atoms with Gasteiger partial charge in [0.25, 0.3) is 0 Å². The first kappa shape index (κ1) is 22.8. The summed E-state index contributed by atoms with van der Waals surface area (Å²) >= 11 is 0. The Labute approximate surface area is 171 Å². The van der Waals surface area contributed by atoms with E-state index in [0.717, 1.165) is 45.6 Å². The predicted molar refractivity (Wildman–Crippen MR) is 107 cm³/mol. The van der Waals surface area contributed by atoms with Gasteiger partial charge in [0.15, 0.2) is 0 Å². The molecule has 1 aromatic carbocycles. The van der Waals surface area contributed by atoms with Gasteiger partial charge >= 0.3 is 11.9 Å². The number of rotatable bonds is 4. The first-order chi connectivity index (χ1) is 13.9. The molecule has 0 radical (unpaired) electrons. The third-order valence-electron chi connectivity index (χ3n) is 5.34. The van der Waals surface area contributed by atoms with Crippen molar-refractivity contribution in [2.45, 2.75) is 25.7 Å². The number of carbonyl (C=O) groups excluding carboxylic acids is 1. The van der Waals surface area contributed by atoms with E-state index in [4.69, 9.17) is 24.5 Å². The average Bonchev–Trinajstić information content (AvgIpc) is 2.75. The number of hydrogen-bond donors (Lipinski definition) is 2. The number of carboxylic acids is 2. The van der Waals surface area contributed by atoms with Crippen LogP contribution in [0.15, 0.2) is 30.3 Å². The van der Waals surface area contributed by atoms with Crippen LogP contribution in [-0.4, -0.2) is 83.8 Å². The molecule has 3 rings (SSSR count). The van der Waals surface area contributed by atoms with Crippen molar-refractivity contribution in [1.82, 2.24) is 9.80 Å². The molecule has 2 fully saturated rings. The number of aliphatic carboxylic acids is 2. The van der Waals surface area contributed by atoms with E-state index in [-0.39, 0.29) is 5.92 Å². The van der Waals surface area contributed by atoms with Crippen LogP contribution in [0.1, 0.15) is 31.2 Å². The summed E-state index contributed by atoms with van der Waals surface area (Å²) in [6.45, 7) is 8.38. The van der Waals surface area contributed by atoms with Crippen LogP contribution in [0.3, 0.4) is 0 Å². The minimum atomic E-state index is -1.82. The van der Waals surface area contributed by atoms with Gasteiger partial charge in [-0.1, -0.05) is 37.3 Å². The van der Waals surface area contributed by atoms with Crippen LogP contribution in [-0.2, 0) is 19.1 Å². The van der Waals surface area contributed by atoms with Crippen LogP contribution in [0, 0.1) is 5.92 Å². The lowest BCUT2D eigenvalue weighted by Crippen LogP contribution is -2.47. The molecule has 8 heteroatoms. The zero-order valence-electron chi connectivity index (χ0n) is 16.8. The van der Waals surface area contributed by atoms with Crippen molar-refractivity contribution in [3.8, 4) is 0 Å². The topological polar surface area (TPSA) is 107 Å². The lowest BCUT2D eigenvalue weighted by atomic mass is 9.93. The van der Waals surface area contributed by atoms with Crippen LogP contribution >= 0.6 is 0 Å². The van der Waals surface area contributed by atoms with E-state index in [2.05, 4.69) is 42.2 Å². The molecular weight excluding hydrogens is 376 g/mol. The number of carboxylic acid groups (broad SMARTS) is 2. The fourth-order valence-electron chi connectivity index (χ4n) is 3.68. The maximum Gasteiger partial charge on any atom is 0.414 e. The Morgan fingerprint density at radius 1 is 1.00 bits per heavy atom. The Balaban J connectivity index is 0.000000438. The molecule has 1 atom stereocenters. The smallest absolute Gasteiger partial charge is 0.414 e. The summed E-state index contributed by atoms with van der Waals surface area (Å²) < 4.78 is 5.34. The van der Waals surface area contributed by atoms with Crippen LogP contribution in [0.25, 0.3) is 0 Å². The monoisotopic (exact) mass is 406 g/mol. The number of nitrogens with zero attached hydrogens (tertiary/aromatic N) is 2. The van der Waals surface area contributed by atoms with E-state index in [9.17, 15) is 4.79 Å². The van der Waals surface area contributed by atoms with Crippen molar-refractivity contribution < 1.29 is 29.3 Å². The van der Waals surface area contributed by atoms with Gasteiger partial charge < -0.3 is 24.7 Å². The minimum Gasteiger partial charge on any atom is -0.473 e. The second-order valence-electron chi connectivity index (χ2n) is 7.43. The third-order valence-corrected chi connectivity index (χ3v) is 5.34. The van der Waals surface area contributed by atoms with E-state index in [1.54, 1.807) is 0 Å². The lowest BCUT2D eigenvalue weighted by Gasteiger charge is -2.36. The largest absolute Gasteiger partial charge is 0.473 e. The Bertz CT molecular complexity index is 655. The quantitative estimate of drug-likeness (QED) is 0.730. The molecular formula is C21H30N2O6. The second kappa shape index (κ2) is 11.5. The first-order valence-electron chi connectivity index (χ1n) is 9.98. The van der Waals surface area contributed by atoms with Gasteiger partial charge in [0.2, 0.25) is 5.91 Å². The molecule has 2 aliphatic heterocycles. The van der Waals surface area contributed by atoms with Gasteiger partial charge in [0.05, 0.1) is 13.2 Å². The molecule has 1 amide bonds. The number of carbonyl (C=O) groups is 3. The molecule has 2 N–H and O–H groups in total. The lowest BCUT2D eigenvalue weighted by molar-refractivity contribution is -0.159. The molecule has 0 saturated carbocycles. The van der Waals surface area contributed by atoms with Gasteiger partial charge in [0, 0.05) is 25.6 Å². The standard InChI is InChI=1S/C19H28N2O2.C2H2O4/c1-16(17-5-3-2-4-6-17)15-20-9-7-18(8-10-20)19(22)21-11-13-23-14-12-21;3-1(4)2(5)6/h2-6,16,18H,7-15H2,1H3;(H,3,4)(H,5,6). The van der Waals surface area contributed by atoms with Gasteiger partial charge in [-0.05, 0) is 37.4 Å². The number of likely N-dealkylation sites (tertiary alicyclic amines) is 1. The molecule has 0 spiro atoms. The Kier molecular flexibility index (Phi) is 9.08. The van der Waals surface area contributed by atoms with Crippen LogP contribution in [0.4, 0.5) is 0 Å². The van der Waals surface area contributed by atoms with Gasteiger partial charge in [0.1, 0.15) is 0 Å². The van der Waals surface area contributed by atoms with E-state index in [0.29, 0.717) is 25.0 Å². The van der Waals surface area contributed by atoms with Gasteiger partial charge in [-0.25, -0.2) is 9.59 Å². The SMILES string of the molecule is CC(CN1CCC(C(=O)N2CCOCC2)CC1)c1ccccc1.O=C(O)C(=O)O. The second-order valence-corrected chi connectivity index (χ2v) is 7.43. The normalized spacial score (nSPS) is 19.0. The summed E-state index contributed by atoms with van der Waals surface area (Å²) in [6.07, 6.45) is 2.00. The van der Waals surface area contributed by atoms with E-state index in [1.807, 2.05) is 4.90 Å². The van der Waals surface area contributed by atoms with Gasteiger partial charge in [-0.2, -0.15) is 0 Å². The molecule has 2 saturated heterocycles. The maximum absolute atomic E-state index is 12.6.